The summed E-state index contributed by atoms with van der Waals surface area (Å²) in [7, 11) is 0. The predicted molar refractivity (Wildman–Crippen MR) is 96.6 cm³/mol. The molecule has 25 heavy (non-hydrogen) atoms. The van der Waals surface area contributed by atoms with Crippen molar-refractivity contribution >= 4 is 28.6 Å². The van der Waals surface area contributed by atoms with Crippen LogP contribution in [0.2, 0.25) is 0 Å². The maximum atomic E-state index is 12.5. The highest BCUT2D eigenvalue weighted by molar-refractivity contribution is 5.91. The normalized spacial score (nSPS) is 14.6. The van der Waals surface area contributed by atoms with Crippen molar-refractivity contribution in [3.63, 3.8) is 0 Å². The topological polar surface area (TPSA) is 74.2 Å². The Bertz CT molecular complexity index is 877. The van der Waals surface area contributed by atoms with Crippen molar-refractivity contribution in [3.8, 4) is 0 Å². The molecule has 1 aliphatic heterocycles. The van der Waals surface area contributed by atoms with Gasteiger partial charge in [0.25, 0.3) is 0 Å². The number of hydrogen-bond acceptors (Lipinski definition) is 5. The molecule has 0 aliphatic carbocycles. The van der Waals surface area contributed by atoms with Crippen LogP contribution in [-0.2, 0) is 0 Å². The van der Waals surface area contributed by atoms with Crippen LogP contribution in [0.15, 0.2) is 55.0 Å². The van der Waals surface area contributed by atoms with E-state index >= 15 is 0 Å². The third-order valence-corrected chi connectivity index (χ3v) is 4.26. The Morgan fingerprint density at radius 3 is 2.44 bits per heavy atom. The predicted octanol–water partition coefficient (Wildman–Crippen LogP) is 2.38. The molecule has 2 amide bonds. The Hall–Kier alpha value is -3.22. The highest BCUT2D eigenvalue weighted by atomic mass is 16.2. The van der Waals surface area contributed by atoms with Gasteiger partial charge in [0.15, 0.2) is 0 Å². The van der Waals surface area contributed by atoms with E-state index in [0.717, 1.165) is 35.6 Å². The van der Waals surface area contributed by atoms with E-state index in [1.54, 1.807) is 18.6 Å². The fourth-order valence-electron chi connectivity index (χ4n) is 2.92. The number of piperazine rings is 1. The Labute approximate surface area is 145 Å². The first-order valence-corrected chi connectivity index (χ1v) is 8.22. The number of nitrogens with one attached hydrogen (secondary N) is 1. The Morgan fingerprint density at radius 2 is 1.68 bits per heavy atom. The zero-order chi connectivity index (χ0) is 17.1. The fraction of sp³-hybridized carbons (Fsp3) is 0.222. The van der Waals surface area contributed by atoms with Gasteiger partial charge in [0.1, 0.15) is 5.82 Å². The van der Waals surface area contributed by atoms with E-state index in [9.17, 15) is 4.79 Å². The molecular formula is C18H18N6O. The number of pyridine rings is 1. The minimum absolute atomic E-state index is 0.0936. The first kappa shape index (κ1) is 15.3. The molecule has 3 aromatic rings. The smallest absolute Gasteiger partial charge is 0.321 e. The van der Waals surface area contributed by atoms with Gasteiger partial charge in [-0.2, -0.15) is 0 Å². The lowest BCUT2D eigenvalue weighted by molar-refractivity contribution is 0.208. The van der Waals surface area contributed by atoms with E-state index in [-0.39, 0.29) is 6.03 Å². The van der Waals surface area contributed by atoms with E-state index in [1.165, 1.54) is 0 Å². The van der Waals surface area contributed by atoms with E-state index in [0.29, 0.717) is 13.1 Å². The van der Waals surface area contributed by atoms with E-state index in [4.69, 9.17) is 0 Å². The van der Waals surface area contributed by atoms with Gasteiger partial charge in [-0.1, -0.05) is 6.07 Å². The van der Waals surface area contributed by atoms with Gasteiger partial charge in [-0.3, -0.25) is 9.97 Å². The number of nitrogens with zero attached hydrogens (tertiary/aromatic N) is 5. The molecule has 4 rings (SSSR count). The van der Waals surface area contributed by atoms with Crippen LogP contribution in [0.5, 0.6) is 0 Å². The number of rotatable bonds is 2. The van der Waals surface area contributed by atoms with Crippen LogP contribution >= 0.6 is 0 Å². The number of aromatic nitrogens is 3. The molecule has 0 spiro atoms. The number of carbonyl (C=O) groups is 1. The summed E-state index contributed by atoms with van der Waals surface area (Å²) < 4.78 is 0. The molecule has 0 unspecified atom stereocenters. The maximum absolute atomic E-state index is 12.5. The highest BCUT2D eigenvalue weighted by Crippen LogP contribution is 2.17. The lowest BCUT2D eigenvalue weighted by Crippen LogP contribution is -2.50. The second kappa shape index (κ2) is 6.72. The number of fused-ring (bicyclic) bond motifs is 1. The Balaban J connectivity index is 1.38. The van der Waals surface area contributed by atoms with Crippen LogP contribution < -0.4 is 10.2 Å². The number of amides is 2. The number of hydrogen-bond donors (Lipinski definition) is 1. The fourth-order valence-corrected chi connectivity index (χ4v) is 2.92. The second-order valence-corrected chi connectivity index (χ2v) is 5.85. The first-order valence-electron chi connectivity index (χ1n) is 8.22. The van der Waals surface area contributed by atoms with Crippen LogP contribution in [-0.4, -0.2) is 52.1 Å². The van der Waals surface area contributed by atoms with Gasteiger partial charge in [0.2, 0.25) is 0 Å². The molecule has 7 heteroatoms. The number of benzene rings is 1. The van der Waals surface area contributed by atoms with E-state index in [1.807, 2.05) is 41.3 Å². The van der Waals surface area contributed by atoms with Gasteiger partial charge in [-0.25, -0.2) is 9.78 Å². The molecule has 2 aromatic heterocycles. The van der Waals surface area contributed by atoms with Crippen LogP contribution in [0, 0.1) is 0 Å². The quantitative estimate of drug-likeness (QED) is 0.779. The number of urea groups is 1. The van der Waals surface area contributed by atoms with Crippen molar-refractivity contribution in [1.82, 2.24) is 19.9 Å². The lowest BCUT2D eigenvalue weighted by atomic mass is 10.2. The molecule has 1 fully saturated rings. The maximum Gasteiger partial charge on any atom is 0.321 e. The van der Waals surface area contributed by atoms with Crippen LogP contribution in [0.4, 0.5) is 16.3 Å². The second-order valence-electron chi connectivity index (χ2n) is 5.85. The Kier molecular flexibility index (Phi) is 4.12. The van der Waals surface area contributed by atoms with Crippen LogP contribution in [0.25, 0.3) is 11.0 Å². The third-order valence-electron chi connectivity index (χ3n) is 4.26. The molecule has 0 atom stereocenters. The summed E-state index contributed by atoms with van der Waals surface area (Å²) in [6, 6.07) is 11.3. The van der Waals surface area contributed by atoms with Crippen molar-refractivity contribution < 1.29 is 4.79 Å². The van der Waals surface area contributed by atoms with Crippen molar-refractivity contribution in [1.29, 1.82) is 0 Å². The molecule has 0 saturated carbocycles. The van der Waals surface area contributed by atoms with Crippen LogP contribution in [0.1, 0.15) is 0 Å². The van der Waals surface area contributed by atoms with Gasteiger partial charge in [-0.15, -0.1) is 0 Å². The van der Waals surface area contributed by atoms with Crippen molar-refractivity contribution in [2.24, 2.45) is 0 Å². The molecule has 7 nitrogen and oxygen atoms in total. The average Bonchev–Trinajstić information content (AvgIpc) is 2.69. The summed E-state index contributed by atoms with van der Waals surface area (Å²) in [5, 5.41) is 2.94. The zero-order valence-corrected chi connectivity index (χ0v) is 13.7. The molecule has 1 aromatic carbocycles. The largest absolute Gasteiger partial charge is 0.353 e. The van der Waals surface area contributed by atoms with Gasteiger partial charge in [0.05, 0.1) is 11.0 Å². The molecule has 0 radical (unpaired) electrons. The summed E-state index contributed by atoms with van der Waals surface area (Å²) in [6.07, 6.45) is 5.09. The highest BCUT2D eigenvalue weighted by Gasteiger charge is 2.21. The van der Waals surface area contributed by atoms with Gasteiger partial charge < -0.3 is 15.1 Å². The van der Waals surface area contributed by atoms with E-state index in [2.05, 4.69) is 25.2 Å². The molecule has 126 valence electrons. The van der Waals surface area contributed by atoms with Gasteiger partial charge in [-0.05, 0) is 30.3 Å². The zero-order valence-electron chi connectivity index (χ0n) is 13.7. The molecular weight excluding hydrogens is 316 g/mol. The SMILES string of the molecule is O=C(Nc1ccc2nccnc2c1)N1CCN(c2ccccn2)CC1. The summed E-state index contributed by atoms with van der Waals surface area (Å²) in [5.41, 5.74) is 2.30. The summed E-state index contributed by atoms with van der Waals surface area (Å²) >= 11 is 0. The third kappa shape index (κ3) is 3.35. The summed E-state index contributed by atoms with van der Waals surface area (Å²) in [6.45, 7) is 2.87. The molecule has 1 saturated heterocycles. The monoisotopic (exact) mass is 334 g/mol. The van der Waals surface area contributed by atoms with Crippen LogP contribution in [0.3, 0.4) is 0 Å². The van der Waals surface area contributed by atoms with Crippen molar-refractivity contribution in [3.05, 3.63) is 55.0 Å². The number of carbonyl (C=O) groups excluding carboxylic acids is 1. The first-order chi connectivity index (χ1) is 12.3. The van der Waals surface area contributed by atoms with E-state index < -0.39 is 0 Å². The molecule has 1 N–H and O–H groups in total. The molecule has 0 bridgehead atoms. The summed E-state index contributed by atoms with van der Waals surface area (Å²) in [4.78, 5) is 29.4. The molecule has 1 aliphatic rings. The number of anilines is 2. The molecule has 3 heterocycles. The van der Waals surface area contributed by atoms with Gasteiger partial charge >= 0.3 is 6.03 Å². The minimum atomic E-state index is -0.0936. The summed E-state index contributed by atoms with van der Waals surface area (Å²) in [5.74, 6) is 0.954. The van der Waals surface area contributed by atoms with Crippen molar-refractivity contribution in [2.75, 3.05) is 36.4 Å². The lowest BCUT2D eigenvalue weighted by Gasteiger charge is -2.35. The standard InChI is InChI=1S/C18H18N6O/c25-18(22-14-4-5-15-16(13-14)20-8-7-19-15)24-11-9-23(10-12-24)17-3-1-2-6-21-17/h1-8,13H,9-12H2,(H,22,25). The average molecular weight is 334 g/mol. The Morgan fingerprint density at radius 1 is 0.880 bits per heavy atom. The van der Waals surface area contributed by atoms with Crippen molar-refractivity contribution in [2.45, 2.75) is 0 Å². The minimum Gasteiger partial charge on any atom is -0.353 e. The van der Waals surface area contributed by atoms with Gasteiger partial charge in [0, 0.05) is 50.5 Å².